The van der Waals surface area contributed by atoms with Gasteiger partial charge in [0.1, 0.15) is 5.75 Å². The molecule has 4 atom stereocenters. The topological polar surface area (TPSA) is 41.6 Å². The lowest BCUT2D eigenvalue weighted by atomic mass is 10.0. The van der Waals surface area contributed by atoms with Crippen LogP contribution >= 0.6 is 0 Å². The van der Waals surface area contributed by atoms with Gasteiger partial charge < -0.3 is 9.64 Å². The maximum atomic E-state index is 13.6. The molecule has 2 fully saturated rings. The summed E-state index contributed by atoms with van der Waals surface area (Å²) in [7, 11) is 1.45. The van der Waals surface area contributed by atoms with Crippen molar-refractivity contribution in [3.05, 3.63) is 65.2 Å². The van der Waals surface area contributed by atoms with E-state index in [2.05, 4.69) is 12.2 Å². The van der Waals surface area contributed by atoms with Crippen LogP contribution in [0, 0.1) is 11.8 Å². The Morgan fingerprint density at radius 3 is 2.48 bits per heavy atom. The maximum Gasteiger partial charge on any atom is 0.416 e. The minimum atomic E-state index is -4.42. The number of methoxy groups -OCH3 is 1. The molecule has 0 radical (unpaired) electrons. The molecule has 2 aromatic carbocycles. The van der Waals surface area contributed by atoms with Gasteiger partial charge in [0, 0.05) is 18.0 Å². The highest BCUT2D eigenvalue weighted by Gasteiger charge is 2.41. The average Bonchev–Trinajstić information content (AvgIpc) is 3.43. The number of carbonyl (C=O) groups excluding carboxylic acids is 1. The second kappa shape index (κ2) is 9.75. The number of alkyl halides is 3. The molecular formula is C26H31F3N2O2. The van der Waals surface area contributed by atoms with E-state index in [1.54, 1.807) is 0 Å². The second-order valence-electron chi connectivity index (χ2n) is 9.29. The molecule has 0 bridgehead atoms. The Bertz CT molecular complexity index is 964. The van der Waals surface area contributed by atoms with Gasteiger partial charge >= 0.3 is 6.18 Å². The minimum absolute atomic E-state index is 0.0108. The van der Waals surface area contributed by atoms with E-state index in [1.807, 2.05) is 35.2 Å². The highest BCUT2D eigenvalue weighted by Crippen LogP contribution is 2.40. The number of carbonyl (C=O) groups is 1. The molecule has 1 saturated carbocycles. The van der Waals surface area contributed by atoms with Crippen molar-refractivity contribution in [2.24, 2.45) is 11.8 Å². The minimum Gasteiger partial charge on any atom is -0.496 e. The van der Waals surface area contributed by atoms with Crippen LogP contribution in [0.2, 0.25) is 0 Å². The number of ether oxygens (including phenoxy) is 1. The quantitative estimate of drug-likeness (QED) is 0.581. The summed E-state index contributed by atoms with van der Waals surface area (Å²) in [6.07, 6.45) is -0.257. The molecule has 1 heterocycles. The van der Waals surface area contributed by atoms with Crippen LogP contribution in [0.3, 0.4) is 0 Å². The van der Waals surface area contributed by atoms with Crippen molar-refractivity contribution in [1.82, 2.24) is 10.2 Å². The molecule has 0 spiro atoms. The van der Waals surface area contributed by atoms with Gasteiger partial charge in [-0.1, -0.05) is 37.3 Å². The molecular weight excluding hydrogens is 429 g/mol. The third kappa shape index (κ3) is 5.18. The Labute approximate surface area is 193 Å². The first-order valence-corrected chi connectivity index (χ1v) is 11.6. The summed E-state index contributed by atoms with van der Waals surface area (Å²) in [6.45, 7) is 2.37. The van der Waals surface area contributed by atoms with Gasteiger partial charge in [0.05, 0.1) is 24.9 Å². The Kier molecular flexibility index (Phi) is 6.98. The summed E-state index contributed by atoms with van der Waals surface area (Å²) in [5.41, 5.74) is 0.816. The lowest BCUT2D eigenvalue weighted by molar-refractivity contribution is -0.139. The van der Waals surface area contributed by atoms with Crippen molar-refractivity contribution in [3.8, 4) is 5.75 Å². The molecule has 7 heteroatoms. The summed E-state index contributed by atoms with van der Waals surface area (Å²) in [5.74, 6) is 1.10. The first-order chi connectivity index (χ1) is 15.8. The predicted octanol–water partition coefficient (Wildman–Crippen LogP) is 5.93. The Balaban J connectivity index is 1.56. The van der Waals surface area contributed by atoms with Crippen LogP contribution in [0.4, 0.5) is 13.2 Å². The molecule has 4 unspecified atom stereocenters. The number of rotatable bonds is 6. The molecule has 2 aromatic rings. The van der Waals surface area contributed by atoms with E-state index >= 15 is 0 Å². The summed E-state index contributed by atoms with van der Waals surface area (Å²) in [4.78, 5) is 15.6. The van der Waals surface area contributed by atoms with E-state index in [1.165, 1.54) is 13.2 Å². The van der Waals surface area contributed by atoms with Crippen LogP contribution in [-0.4, -0.2) is 24.1 Å². The number of hydrogen-bond acceptors (Lipinski definition) is 3. The molecule has 1 amide bonds. The van der Waals surface area contributed by atoms with Crippen molar-refractivity contribution >= 4 is 5.91 Å². The van der Waals surface area contributed by atoms with Gasteiger partial charge in [0.15, 0.2) is 0 Å². The molecule has 2 aliphatic rings. The van der Waals surface area contributed by atoms with E-state index in [9.17, 15) is 18.0 Å². The standard InChI is InChI=1S/C26H31F3N2O2/c1-17-8-9-19(14-17)25(32)31-22(18-6-4-3-5-7-18)11-13-24(31)30-16-20-15-21(26(27,28)29)10-12-23(20)33-2/h3-7,10,12,15,17,19,22,24,30H,8-9,11,13-14,16H2,1-2H3. The summed E-state index contributed by atoms with van der Waals surface area (Å²) >= 11 is 0. The third-order valence-corrected chi connectivity index (χ3v) is 7.00. The van der Waals surface area contributed by atoms with Crippen LogP contribution in [0.25, 0.3) is 0 Å². The van der Waals surface area contributed by atoms with E-state index in [4.69, 9.17) is 4.74 Å². The number of likely N-dealkylation sites (tertiary alicyclic amines) is 1. The maximum absolute atomic E-state index is 13.6. The normalized spacial score (nSPS) is 25.4. The van der Waals surface area contributed by atoms with Gasteiger partial charge in [-0.25, -0.2) is 0 Å². The largest absolute Gasteiger partial charge is 0.496 e. The lowest BCUT2D eigenvalue weighted by Crippen LogP contribution is -2.47. The Hall–Kier alpha value is -2.54. The fourth-order valence-electron chi connectivity index (χ4n) is 5.28. The van der Waals surface area contributed by atoms with Crippen molar-refractivity contribution in [2.75, 3.05) is 7.11 Å². The first kappa shape index (κ1) is 23.6. The van der Waals surface area contributed by atoms with E-state index < -0.39 is 11.7 Å². The van der Waals surface area contributed by atoms with Crippen LogP contribution in [0.1, 0.15) is 61.8 Å². The summed E-state index contributed by atoms with van der Waals surface area (Å²) in [6, 6.07) is 13.5. The van der Waals surface area contributed by atoms with Crippen LogP contribution in [-0.2, 0) is 17.5 Å². The number of hydrogen-bond donors (Lipinski definition) is 1. The monoisotopic (exact) mass is 460 g/mol. The molecule has 178 valence electrons. The summed E-state index contributed by atoms with van der Waals surface area (Å²) in [5, 5.41) is 3.37. The van der Waals surface area contributed by atoms with E-state index in [0.29, 0.717) is 17.2 Å². The molecule has 4 rings (SSSR count). The van der Waals surface area contributed by atoms with Gasteiger partial charge in [-0.05, 0) is 61.8 Å². The highest BCUT2D eigenvalue weighted by molar-refractivity contribution is 5.80. The van der Waals surface area contributed by atoms with Crippen LogP contribution in [0.15, 0.2) is 48.5 Å². The summed E-state index contributed by atoms with van der Waals surface area (Å²) < 4.78 is 45.0. The fourth-order valence-corrected chi connectivity index (χ4v) is 5.28. The van der Waals surface area contributed by atoms with Gasteiger partial charge in [-0.3, -0.25) is 10.1 Å². The zero-order valence-electron chi connectivity index (χ0n) is 19.1. The van der Waals surface area contributed by atoms with Crippen LogP contribution in [0.5, 0.6) is 5.75 Å². The second-order valence-corrected chi connectivity index (χ2v) is 9.29. The zero-order chi connectivity index (χ0) is 23.6. The van der Waals surface area contributed by atoms with Crippen molar-refractivity contribution < 1.29 is 22.7 Å². The van der Waals surface area contributed by atoms with E-state index in [0.717, 1.165) is 49.8 Å². The number of amides is 1. The lowest BCUT2D eigenvalue weighted by Gasteiger charge is -2.33. The van der Waals surface area contributed by atoms with Crippen LogP contribution < -0.4 is 10.1 Å². The Morgan fingerprint density at radius 1 is 1.09 bits per heavy atom. The van der Waals surface area contributed by atoms with Gasteiger partial charge in [0.2, 0.25) is 5.91 Å². The van der Waals surface area contributed by atoms with Gasteiger partial charge in [0.25, 0.3) is 0 Å². The number of benzene rings is 2. The van der Waals surface area contributed by atoms with Crippen molar-refractivity contribution in [1.29, 1.82) is 0 Å². The first-order valence-electron chi connectivity index (χ1n) is 11.6. The molecule has 1 saturated heterocycles. The molecule has 33 heavy (non-hydrogen) atoms. The average molecular weight is 461 g/mol. The SMILES string of the molecule is COc1ccc(C(F)(F)F)cc1CNC1CCC(c2ccccc2)N1C(=O)C1CCC(C)C1. The van der Waals surface area contributed by atoms with Crippen molar-refractivity contribution in [2.45, 2.75) is 64.0 Å². The van der Waals surface area contributed by atoms with Gasteiger partial charge in [-0.2, -0.15) is 13.2 Å². The molecule has 1 aliphatic carbocycles. The predicted molar refractivity (Wildman–Crippen MR) is 120 cm³/mol. The molecule has 1 N–H and O–H groups in total. The fraction of sp³-hybridized carbons (Fsp3) is 0.500. The number of halogens is 3. The number of nitrogens with zero attached hydrogens (tertiary/aromatic N) is 1. The third-order valence-electron chi connectivity index (χ3n) is 7.00. The van der Waals surface area contributed by atoms with Gasteiger partial charge in [-0.15, -0.1) is 0 Å². The van der Waals surface area contributed by atoms with Crippen molar-refractivity contribution in [3.63, 3.8) is 0 Å². The number of nitrogens with one attached hydrogen (secondary N) is 1. The smallest absolute Gasteiger partial charge is 0.416 e. The Morgan fingerprint density at radius 2 is 1.85 bits per heavy atom. The highest BCUT2D eigenvalue weighted by atomic mass is 19.4. The molecule has 4 nitrogen and oxygen atoms in total. The molecule has 0 aromatic heterocycles. The molecule has 1 aliphatic heterocycles. The van der Waals surface area contributed by atoms with E-state index in [-0.39, 0.29) is 30.6 Å². The zero-order valence-corrected chi connectivity index (χ0v) is 19.1.